The molecule has 0 aliphatic rings. The molecule has 0 aliphatic heterocycles. The first kappa shape index (κ1) is 13.8. The third kappa shape index (κ3) is 3.44. The lowest BCUT2D eigenvalue weighted by atomic mass is 9.98. The van der Waals surface area contributed by atoms with E-state index in [9.17, 15) is 5.11 Å². The van der Waals surface area contributed by atoms with Crippen molar-refractivity contribution in [3.63, 3.8) is 0 Å². The molecule has 0 aliphatic carbocycles. The standard InChI is InChI=1S/C16H22N2O/c1-12(2)13-4-6-14(7-5-13)16(19)9-8-15-10-11-17-18(15)3/h4-7,10-12,16,19H,8-9H2,1-3H3. The molecule has 2 aromatic rings. The van der Waals surface area contributed by atoms with E-state index < -0.39 is 6.10 Å². The van der Waals surface area contributed by atoms with Gasteiger partial charge in [0.15, 0.2) is 0 Å². The van der Waals surface area contributed by atoms with Crippen molar-refractivity contribution in [1.82, 2.24) is 9.78 Å². The summed E-state index contributed by atoms with van der Waals surface area (Å²) < 4.78 is 1.86. The monoisotopic (exact) mass is 258 g/mol. The molecule has 2 rings (SSSR count). The van der Waals surface area contributed by atoms with Crippen LogP contribution in [0.1, 0.15) is 49.1 Å². The van der Waals surface area contributed by atoms with Crippen molar-refractivity contribution in [2.45, 2.75) is 38.7 Å². The number of aliphatic hydroxyl groups is 1. The summed E-state index contributed by atoms with van der Waals surface area (Å²) in [5.41, 5.74) is 3.45. The van der Waals surface area contributed by atoms with Crippen LogP contribution in [0.5, 0.6) is 0 Å². The van der Waals surface area contributed by atoms with Gasteiger partial charge >= 0.3 is 0 Å². The fourth-order valence-corrected chi connectivity index (χ4v) is 2.20. The minimum atomic E-state index is -0.406. The Bertz CT molecular complexity index is 514. The molecular weight excluding hydrogens is 236 g/mol. The minimum absolute atomic E-state index is 0.406. The number of aryl methyl sites for hydroxylation is 2. The van der Waals surface area contributed by atoms with Gasteiger partial charge in [-0.25, -0.2) is 0 Å². The highest BCUT2D eigenvalue weighted by Gasteiger charge is 2.09. The Hall–Kier alpha value is -1.61. The first-order chi connectivity index (χ1) is 9.08. The van der Waals surface area contributed by atoms with Crippen molar-refractivity contribution in [2.75, 3.05) is 0 Å². The predicted molar refractivity (Wildman–Crippen MR) is 77.0 cm³/mol. The molecule has 0 radical (unpaired) electrons. The number of benzene rings is 1. The van der Waals surface area contributed by atoms with Gasteiger partial charge in [0.25, 0.3) is 0 Å². The molecule has 1 unspecified atom stereocenters. The zero-order chi connectivity index (χ0) is 13.8. The summed E-state index contributed by atoms with van der Waals surface area (Å²) in [5.74, 6) is 0.528. The molecule has 102 valence electrons. The van der Waals surface area contributed by atoms with Gasteiger partial charge in [-0.1, -0.05) is 38.1 Å². The second-order valence-electron chi connectivity index (χ2n) is 5.32. The molecule has 1 N–H and O–H groups in total. The molecule has 0 saturated heterocycles. The minimum Gasteiger partial charge on any atom is -0.388 e. The van der Waals surface area contributed by atoms with Gasteiger partial charge in [0, 0.05) is 18.9 Å². The molecule has 1 atom stereocenters. The highest BCUT2D eigenvalue weighted by molar-refractivity contribution is 5.26. The number of nitrogens with zero attached hydrogens (tertiary/aromatic N) is 2. The molecule has 0 fully saturated rings. The van der Waals surface area contributed by atoms with Crippen LogP contribution >= 0.6 is 0 Å². The first-order valence-corrected chi connectivity index (χ1v) is 6.82. The van der Waals surface area contributed by atoms with E-state index in [1.807, 2.05) is 29.9 Å². The molecular formula is C16H22N2O. The number of rotatable bonds is 5. The third-order valence-corrected chi connectivity index (χ3v) is 3.58. The number of aliphatic hydroxyl groups excluding tert-OH is 1. The molecule has 0 saturated carbocycles. The van der Waals surface area contributed by atoms with Crippen LogP contribution in [0.25, 0.3) is 0 Å². The maximum atomic E-state index is 10.2. The lowest BCUT2D eigenvalue weighted by Gasteiger charge is -2.12. The van der Waals surface area contributed by atoms with Crippen LogP contribution in [0.15, 0.2) is 36.5 Å². The molecule has 19 heavy (non-hydrogen) atoms. The number of hydrogen-bond donors (Lipinski definition) is 1. The van der Waals surface area contributed by atoms with Crippen molar-refractivity contribution in [1.29, 1.82) is 0 Å². The van der Waals surface area contributed by atoms with Crippen LogP contribution in [0.4, 0.5) is 0 Å². The molecule has 1 aromatic heterocycles. The Labute approximate surface area is 114 Å². The quantitative estimate of drug-likeness (QED) is 0.894. The van der Waals surface area contributed by atoms with Gasteiger partial charge in [-0.3, -0.25) is 4.68 Å². The summed E-state index contributed by atoms with van der Waals surface area (Å²) in [6.45, 7) is 4.35. The van der Waals surface area contributed by atoms with Crippen molar-refractivity contribution >= 4 is 0 Å². The first-order valence-electron chi connectivity index (χ1n) is 6.82. The second kappa shape index (κ2) is 6.02. The van der Waals surface area contributed by atoms with E-state index in [4.69, 9.17) is 0 Å². The summed E-state index contributed by atoms with van der Waals surface area (Å²) in [6.07, 6.45) is 2.94. The van der Waals surface area contributed by atoms with Gasteiger partial charge in [0.2, 0.25) is 0 Å². The molecule has 1 aromatic carbocycles. The summed E-state index contributed by atoms with van der Waals surface area (Å²) in [6, 6.07) is 10.3. The van der Waals surface area contributed by atoms with E-state index in [0.29, 0.717) is 5.92 Å². The van der Waals surface area contributed by atoms with Crippen molar-refractivity contribution in [2.24, 2.45) is 7.05 Å². The van der Waals surface area contributed by atoms with Crippen LogP contribution in [-0.2, 0) is 13.5 Å². The second-order valence-corrected chi connectivity index (χ2v) is 5.32. The molecule has 0 amide bonds. The Morgan fingerprint density at radius 3 is 2.26 bits per heavy atom. The Morgan fingerprint density at radius 2 is 1.74 bits per heavy atom. The molecule has 0 bridgehead atoms. The topological polar surface area (TPSA) is 38.1 Å². The Morgan fingerprint density at radius 1 is 1.11 bits per heavy atom. The fourth-order valence-electron chi connectivity index (χ4n) is 2.20. The van der Waals surface area contributed by atoms with E-state index in [1.165, 1.54) is 5.56 Å². The van der Waals surface area contributed by atoms with Crippen LogP contribution < -0.4 is 0 Å². The van der Waals surface area contributed by atoms with Crippen LogP contribution in [0, 0.1) is 0 Å². The number of aromatic nitrogens is 2. The van der Waals surface area contributed by atoms with Gasteiger partial charge in [0.1, 0.15) is 0 Å². The van der Waals surface area contributed by atoms with Crippen LogP contribution in [0.2, 0.25) is 0 Å². The van der Waals surface area contributed by atoms with Crippen LogP contribution in [-0.4, -0.2) is 14.9 Å². The van der Waals surface area contributed by atoms with Crippen LogP contribution in [0.3, 0.4) is 0 Å². The van der Waals surface area contributed by atoms with Gasteiger partial charge in [-0.15, -0.1) is 0 Å². The zero-order valence-corrected chi connectivity index (χ0v) is 11.9. The maximum absolute atomic E-state index is 10.2. The summed E-state index contributed by atoms with van der Waals surface area (Å²) in [5, 5.41) is 14.3. The van der Waals surface area contributed by atoms with E-state index in [2.05, 4.69) is 31.1 Å². The lowest BCUT2D eigenvalue weighted by molar-refractivity contribution is 0.167. The van der Waals surface area contributed by atoms with E-state index >= 15 is 0 Å². The van der Waals surface area contributed by atoms with E-state index in [0.717, 1.165) is 24.1 Å². The van der Waals surface area contributed by atoms with Crippen molar-refractivity contribution in [3.05, 3.63) is 53.3 Å². The zero-order valence-electron chi connectivity index (χ0n) is 11.9. The normalized spacial score (nSPS) is 12.9. The average Bonchev–Trinajstić information content (AvgIpc) is 2.81. The smallest absolute Gasteiger partial charge is 0.0793 e. The summed E-state index contributed by atoms with van der Waals surface area (Å²) in [7, 11) is 1.93. The third-order valence-electron chi connectivity index (χ3n) is 3.58. The highest BCUT2D eigenvalue weighted by Crippen LogP contribution is 2.22. The average molecular weight is 258 g/mol. The van der Waals surface area contributed by atoms with Gasteiger partial charge in [0.05, 0.1) is 6.10 Å². The molecule has 3 heteroatoms. The van der Waals surface area contributed by atoms with Gasteiger partial charge < -0.3 is 5.11 Å². The number of hydrogen-bond acceptors (Lipinski definition) is 2. The molecule has 1 heterocycles. The van der Waals surface area contributed by atoms with Gasteiger partial charge in [-0.2, -0.15) is 5.10 Å². The lowest BCUT2D eigenvalue weighted by Crippen LogP contribution is -2.03. The Kier molecular flexibility index (Phi) is 4.38. The predicted octanol–water partition coefficient (Wildman–Crippen LogP) is 3.21. The maximum Gasteiger partial charge on any atom is 0.0793 e. The molecule has 3 nitrogen and oxygen atoms in total. The largest absolute Gasteiger partial charge is 0.388 e. The SMILES string of the molecule is CC(C)c1ccc(C(O)CCc2ccnn2C)cc1. The van der Waals surface area contributed by atoms with Gasteiger partial charge in [-0.05, 0) is 36.0 Å². The van der Waals surface area contributed by atoms with E-state index in [1.54, 1.807) is 6.20 Å². The van der Waals surface area contributed by atoms with E-state index in [-0.39, 0.29) is 0 Å². The highest BCUT2D eigenvalue weighted by atomic mass is 16.3. The van der Waals surface area contributed by atoms with Crippen molar-refractivity contribution in [3.8, 4) is 0 Å². The van der Waals surface area contributed by atoms with Crippen molar-refractivity contribution < 1.29 is 5.11 Å². The fraction of sp³-hybridized carbons (Fsp3) is 0.438. The summed E-state index contributed by atoms with van der Waals surface area (Å²) >= 11 is 0. The molecule has 0 spiro atoms. The summed E-state index contributed by atoms with van der Waals surface area (Å²) in [4.78, 5) is 0. The Balaban J connectivity index is 1.96.